The number of aromatic nitrogens is 1. The first-order chi connectivity index (χ1) is 12.3. The normalized spacial score (nSPS) is 17.4. The molecule has 1 saturated heterocycles. The van der Waals surface area contributed by atoms with E-state index in [1.54, 1.807) is 0 Å². The molecule has 2 aromatic carbocycles. The van der Waals surface area contributed by atoms with Gasteiger partial charge < -0.3 is 9.52 Å². The van der Waals surface area contributed by atoms with Crippen molar-refractivity contribution in [2.45, 2.75) is 18.9 Å². The zero-order valence-electron chi connectivity index (χ0n) is 13.9. The highest BCUT2D eigenvalue weighted by Gasteiger charge is 2.26. The third-order valence-electron chi connectivity index (χ3n) is 4.87. The third kappa shape index (κ3) is 3.14. The molecular weight excluding hydrogens is 314 g/mol. The minimum atomic E-state index is 0.224. The quantitative estimate of drug-likeness (QED) is 0.777. The lowest BCUT2D eigenvalue weighted by Crippen LogP contribution is -2.50. The monoisotopic (exact) mass is 333 g/mol. The second kappa shape index (κ2) is 6.67. The van der Waals surface area contributed by atoms with Gasteiger partial charge in [-0.25, -0.2) is 4.98 Å². The highest BCUT2D eigenvalue weighted by atomic mass is 16.3. The van der Waals surface area contributed by atoms with Gasteiger partial charge in [-0.15, -0.1) is 0 Å². The summed E-state index contributed by atoms with van der Waals surface area (Å²) in [6.45, 7) is 2.12. The molecule has 1 aromatic heterocycles. The van der Waals surface area contributed by atoms with Crippen LogP contribution >= 0.6 is 0 Å². The van der Waals surface area contributed by atoms with Gasteiger partial charge in [-0.3, -0.25) is 4.90 Å². The zero-order chi connectivity index (χ0) is 17.2. The Kier molecular flexibility index (Phi) is 4.22. The van der Waals surface area contributed by atoms with Gasteiger partial charge in [0.2, 0.25) is 0 Å². The summed E-state index contributed by atoms with van der Waals surface area (Å²) in [6.07, 6.45) is 1.81. The maximum Gasteiger partial charge on any atom is 0.196 e. The summed E-state index contributed by atoms with van der Waals surface area (Å²) < 4.78 is 5.84. The molecule has 1 atom stereocenters. The van der Waals surface area contributed by atoms with Crippen molar-refractivity contribution in [3.8, 4) is 17.2 Å². The molecule has 2 heterocycles. The van der Waals surface area contributed by atoms with E-state index in [0.717, 1.165) is 54.0 Å². The number of hydrogen-bond acceptors (Lipinski definition) is 5. The molecule has 1 aliphatic rings. The predicted octanol–water partition coefficient (Wildman–Crippen LogP) is 2.98. The van der Waals surface area contributed by atoms with E-state index in [1.165, 1.54) is 0 Å². The summed E-state index contributed by atoms with van der Waals surface area (Å²) in [7, 11) is 0. The molecule has 5 nitrogen and oxygen atoms in total. The SMILES string of the molecule is N#Cc1ccc(-c2ccc3oc(CCN4CCC4CO)nc3c2)cc1. The Labute approximate surface area is 146 Å². The van der Waals surface area contributed by atoms with Crippen LogP contribution in [0.1, 0.15) is 17.9 Å². The predicted molar refractivity (Wildman–Crippen MR) is 94.9 cm³/mol. The molecule has 4 rings (SSSR count). The number of fused-ring (bicyclic) bond motifs is 1. The van der Waals surface area contributed by atoms with Crippen LogP contribution in [0.5, 0.6) is 0 Å². The number of benzene rings is 2. The summed E-state index contributed by atoms with van der Waals surface area (Å²) in [5.74, 6) is 0.732. The Hall–Kier alpha value is -2.68. The van der Waals surface area contributed by atoms with Crippen LogP contribution in [0.4, 0.5) is 0 Å². The molecule has 0 spiro atoms. The average Bonchev–Trinajstić information content (AvgIpc) is 3.03. The van der Waals surface area contributed by atoms with Crippen molar-refractivity contribution < 1.29 is 9.52 Å². The van der Waals surface area contributed by atoms with Crippen LogP contribution < -0.4 is 0 Å². The summed E-state index contributed by atoms with van der Waals surface area (Å²) in [6, 6.07) is 15.9. The van der Waals surface area contributed by atoms with Gasteiger partial charge in [0.05, 0.1) is 18.2 Å². The van der Waals surface area contributed by atoms with Crippen molar-refractivity contribution in [3.05, 3.63) is 53.9 Å². The molecular formula is C20H19N3O2. The fraction of sp³-hybridized carbons (Fsp3) is 0.300. The van der Waals surface area contributed by atoms with Crippen molar-refractivity contribution in [2.75, 3.05) is 19.7 Å². The van der Waals surface area contributed by atoms with E-state index in [-0.39, 0.29) is 6.61 Å². The van der Waals surface area contributed by atoms with E-state index in [4.69, 9.17) is 9.68 Å². The fourth-order valence-corrected chi connectivity index (χ4v) is 3.23. The lowest BCUT2D eigenvalue weighted by molar-refractivity contribution is 0.0423. The van der Waals surface area contributed by atoms with Gasteiger partial charge in [-0.1, -0.05) is 18.2 Å². The first kappa shape index (κ1) is 15.8. The number of oxazole rings is 1. The molecule has 1 unspecified atom stereocenters. The molecule has 126 valence electrons. The highest BCUT2D eigenvalue weighted by Crippen LogP contribution is 2.26. The second-order valence-corrected chi connectivity index (χ2v) is 6.39. The first-order valence-corrected chi connectivity index (χ1v) is 8.52. The minimum absolute atomic E-state index is 0.224. The van der Waals surface area contributed by atoms with Crippen molar-refractivity contribution in [2.24, 2.45) is 0 Å². The largest absolute Gasteiger partial charge is 0.441 e. The number of hydrogen-bond donors (Lipinski definition) is 1. The summed E-state index contributed by atoms with van der Waals surface area (Å²) >= 11 is 0. The van der Waals surface area contributed by atoms with E-state index in [2.05, 4.69) is 16.0 Å². The van der Waals surface area contributed by atoms with Gasteiger partial charge in [-0.2, -0.15) is 5.26 Å². The molecule has 5 heteroatoms. The minimum Gasteiger partial charge on any atom is -0.441 e. The molecule has 25 heavy (non-hydrogen) atoms. The van der Waals surface area contributed by atoms with E-state index >= 15 is 0 Å². The molecule has 0 saturated carbocycles. The van der Waals surface area contributed by atoms with Crippen LogP contribution in [0.3, 0.4) is 0 Å². The molecule has 1 aliphatic heterocycles. The molecule has 0 amide bonds. The summed E-state index contributed by atoms with van der Waals surface area (Å²) in [4.78, 5) is 6.87. The molecule has 0 radical (unpaired) electrons. The van der Waals surface area contributed by atoms with Crippen LogP contribution in [-0.2, 0) is 6.42 Å². The van der Waals surface area contributed by atoms with Gasteiger partial charge >= 0.3 is 0 Å². The second-order valence-electron chi connectivity index (χ2n) is 6.39. The van der Waals surface area contributed by atoms with Crippen molar-refractivity contribution in [1.29, 1.82) is 5.26 Å². The standard InChI is InChI=1S/C20H19N3O2/c21-12-14-1-3-15(4-2-14)16-5-6-19-18(11-16)22-20(25-19)8-10-23-9-7-17(23)13-24/h1-6,11,17,24H,7-10,13H2. The lowest BCUT2D eigenvalue weighted by atomic mass is 10.0. The molecule has 1 N–H and O–H groups in total. The number of aliphatic hydroxyl groups is 1. The first-order valence-electron chi connectivity index (χ1n) is 8.52. The van der Waals surface area contributed by atoms with E-state index < -0.39 is 0 Å². The average molecular weight is 333 g/mol. The Morgan fingerprint density at radius 2 is 2.00 bits per heavy atom. The number of likely N-dealkylation sites (tertiary alicyclic amines) is 1. The molecule has 3 aromatic rings. The van der Waals surface area contributed by atoms with Gasteiger partial charge in [0.1, 0.15) is 5.52 Å². The van der Waals surface area contributed by atoms with Crippen LogP contribution in [-0.4, -0.2) is 40.7 Å². The zero-order valence-corrected chi connectivity index (χ0v) is 13.9. The Morgan fingerprint density at radius 1 is 1.20 bits per heavy atom. The van der Waals surface area contributed by atoms with Gasteiger partial charge in [0, 0.05) is 25.6 Å². The molecule has 1 fully saturated rings. The Bertz CT molecular complexity index is 922. The fourth-order valence-electron chi connectivity index (χ4n) is 3.23. The van der Waals surface area contributed by atoms with Crippen molar-refractivity contribution >= 4 is 11.1 Å². The number of nitrogens with zero attached hydrogens (tertiary/aromatic N) is 3. The van der Waals surface area contributed by atoms with Gasteiger partial charge in [0.25, 0.3) is 0 Å². The smallest absolute Gasteiger partial charge is 0.196 e. The molecule has 0 aliphatic carbocycles. The number of nitriles is 1. The van der Waals surface area contributed by atoms with Crippen LogP contribution in [0.25, 0.3) is 22.2 Å². The van der Waals surface area contributed by atoms with Crippen LogP contribution in [0.2, 0.25) is 0 Å². The van der Waals surface area contributed by atoms with Crippen LogP contribution in [0, 0.1) is 11.3 Å². The summed E-state index contributed by atoms with van der Waals surface area (Å²) in [5.41, 5.74) is 4.39. The topological polar surface area (TPSA) is 73.3 Å². The van der Waals surface area contributed by atoms with Crippen molar-refractivity contribution in [1.82, 2.24) is 9.88 Å². The van der Waals surface area contributed by atoms with Crippen molar-refractivity contribution in [3.63, 3.8) is 0 Å². The summed E-state index contributed by atoms with van der Waals surface area (Å²) in [5, 5.41) is 18.1. The Balaban J connectivity index is 1.51. The highest BCUT2D eigenvalue weighted by molar-refractivity contribution is 5.80. The van der Waals surface area contributed by atoms with E-state index in [1.807, 2.05) is 42.5 Å². The third-order valence-corrected chi connectivity index (χ3v) is 4.87. The van der Waals surface area contributed by atoms with Crippen LogP contribution in [0.15, 0.2) is 46.9 Å². The maximum atomic E-state index is 9.24. The van der Waals surface area contributed by atoms with E-state index in [9.17, 15) is 5.11 Å². The van der Waals surface area contributed by atoms with E-state index in [0.29, 0.717) is 11.6 Å². The lowest BCUT2D eigenvalue weighted by Gasteiger charge is -2.39. The Morgan fingerprint density at radius 3 is 2.68 bits per heavy atom. The maximum absolute atomic E-state index is 9.24. The molecule has 0 bridgehead atoms. The van der Waals surface area contributed by atoms with Gasteiger partial charge in [0.15, 0.2) is 11.5 Å². The number of aliphatic hydroxyl groups excluding tert-OH is 1. The van der Waals surface area contributed by atoms with Gasteiger partial charge in [-0.05, 0) is 41.8 Å². The number of rotatable bonds is 5.